The standard InChI is InChI=1S/C19H26N2/c1-3-16-10-5-7-12-18(16)20-14-9-15-21-19-13-8-6-11-17(19)4-2/h5-8,10-13,20-21H,3-4,9,14-15H2,1-2H3. The third-order valence-corrected chi connectivity index (χ3v) is 3.78. The van der Waals surface area contributed by atoms with Crippen molar-refractivity contribution in [3.63, 3.8) is 0 Å². The zero-order valence-electron chi connectivity index (χ0n) is 13.2. The third-order valence-electron chi connectivity index (χ3n) is 3.78. The predicted molar refractivity (Wildman–Crippen MR) is 93.2 cm³/mol. The van der Waals surface area contributed by atoms with Gasteiger partial charge in [0, 0.05) is 24.5 Å². The van der Waals surface area contributed by atoms with Crippen molar-refractivity contribution in [2.45, 2.75) is 33.1 Å². The van der Waals surface area contributed by atoms with E-state index in [2.05, 4.69) is 73.0 Å². The van der Waals surface area contributed by atoms with Crippen LogP contribution in [0.4, 0.5) is 11.4 Å². The summed E-state index contributed by atoms with van der Waals surface area (Å²) in [5.74, 6) is 0. The van der Waals surface area contributed by atoms with E-state index in [9.17, 15) is 0 Å². The van der Waals surface area contributed by atoms with Gasteiger partial charge in [-0.3, -0.25) is 0 Å². The molecule has 2 N–H and O–H groups in total. The molecule has 0 bridgehead atoms. The molecule has 0 fully saturated rings. The van der Waals surface area contributed by atoms with Gasteiger partial charge in [0.2, 0.25) is 0 Å². The zero-order chi connectivity index (χ0) is 14.9. The maximum Gasteiger partial charge on any atom is 0.0372 e. The molecule has 0 saturated heterocycles. The summed E-state index contributed by atoms with van der Waals surface area (Å²) >= 11 is 0. The molecule has 0 atom stereocenters. The average molecular weight is 282 g/mol. The first-order valence-corrected chi connectivity index (χ1v) is 7.98. The third kappa shape index (κ3) is 4.52. The molecular weight excluding hydrogens is 256 g/mol. The molecule has 0 saturated carbocycles. The molecule has 0 radical (unpaired) electrons. The van der Waals surface area contributed by atoms with Crippen LogP contribution in [0.1, 0.15) is 31.4 Å². The lowest BCUT2D eigenvalue weighted by molar-refractivity contribution is 0.903. The van der Waals surface area contributed by atoms with Crippen molar-refractivity contribution < 1.29 is 0 Å². The molecule has 0 aliphatic heterocycles. The van der Waals surface area contributed by atoms with Crippen LogP contribution in [-0.4, -0.2) is 13.1 Å². The van der Waals surface area contributed by atoms with Crippen molar-refractivity contribution in [1.29, 1.82) is 0 Å². The zero-order valence-corrected chi connectivity index (χ0v) is 13.2. The van der Waals surface area contributed by atoms with E-state index in [0.29, 0.717) is 0 Å². The van der Waals surface area contributed by atoms with E-state index in [1.54, 1.807) is 0 Å². The fourth-order valence-electron chi connectivity index (χ4n) is 2.54. The normalized spacial score (nSPS) is 10.4. The minimum Gasteiger partial charge on any atom is -0.385 e. The molecular formula is C19H26N2. The smallest absolute Gasteiger partial charge is 0.0372 e. The number of hydrogen-bond donors (Lipinski definition) is 2. The van der Waals surface area contributed by atoms with Crippen LogP contribution >= 0.6 is 0 Å². The molecule has 0 aromatic heterocycles. The SMILES string of the molecule is CCc1ccccc1NCCCNc1ccccc1CC. The maximum absolute atomic E-state index is 3.54. The summed E-state index contributed by atoms with van der Waals surface area (Å²) in [5.41, 5.74) is 5.33. The van der Waals surface area contributed by atoms with Crippen LogP contribution in [0.3, 0.4) is 0 Å². The largest absolute Gasteiger partial charge is 0.385 e. The van der Waals surface area contributed by atoms with Crippen molar-refractivity contribution in [1.82, 2.24) is 0 Å². The Kier molecular flexibility index (Phi) is 6.14. The molecule has 0 unspecified atom stereocenters. The van der Waals surface area contributed by atoms with Crippen molar-refractivity contribution in [2.24, 2.45) is 0 Å². The highest BCUT2D eigenvalue weighted by Crippen LogP contribution is 2.16. The highest BCUT2D eigenvalue weighted by molar-refractivity contribution is 5.52. The second kappa shape index (κ2) is 8.35. The average Bonchev–Trinajstić information content (AvgIpc) is 2.55. The number of para-hydroxylation sites is 2. The van der Waals surface area contributed by atoms with Gasteiger partial charge in [-0.25, -0.2) is 0 Å². The number of aryl methyl sites for hydroxylation is 2. The van der Waals surface area contributed by atoms with E-state index >= 15 is 0 Å². The van der Waals surface area contributed by atoms with Gasteiger partial charge in [-0.2, -0.15) is 0 Å². The Balaban J connectivity index is 1.75. The molecule has 21 heavy (non-hydrogen) atoms. The lowest BCUT2D eigenvalue weighted by Gasteiger charge is -2.13. The van der Waals surface area contributed by atoms with Crippen LogP contribution in [0.15, 0.2) is 48.5 Å². The van der Waals surface area contributed by atoms with E-state index < -0.39 is 0 Å². The van der Waals surface area contributed by atoms with Crippen molar-refractivity contribution in [3.05, 3.63) is 59.7 Å². The van der Waals surface area contributed by atoms with Crippen molar-refractivity contribution >= 4 is 11.4 Å². The lowest BCUT2D eigenvalue weighted by Crippen LogP contribution is -2.10. The quantitative estimate of drug-likeness (QED) is 0.684. The Morgan fingerprint density at radius 1 is 0.667 bits per heavy atom. The fourth-order valence-corrected chi connectivity index (χ4v) is 2.54. The van der Waals surface area contributed by atoms with Gasteiger partial charge in [-0.1, -0.05) is 50.2 Å². The summed E-state index contributed by atoms with van der Waals surface area (Å²) in [6.45, 7) is 6.39. The highest BCUT2D eigenvalue weighted by Gasteiger charge is 2.00. The summed E-state index contributed by atoms with van der Waals surface area (Å²) in [6, 6.07) is 17.1. The Morgan fingerprint density at radius 3 is 1.52 bits per heavy atom. The molecule has 0 amide bonds. The molecule has 2 aromatic carbocycles. The molecule has 0 spiro atoms. The number of nitrogens with one attached hydrogen (secondary N) is 2. The topological polar surface area (TPSA) is 24.1 Å². The van der Waals surface area contributed by atoms with E-state index in [0.717, 1.165) is 32.4 Å². The summed E-state index contributed by atoms with van der Waals surface area (Å²) in [5, 5.41) is 7.08. The molecule has 0 heterocycles. The van der Waals surface area contributed by atoms with E-state index in [1.807, 2.05) is 0 Å². The summed E-state index contributed by atoms with van der Waals surface area (Å²) in [6.07, 6.45) is 3.26. The molecule has 112 valence electrons. The molecule has 2 nitrogen and oxygen atoms in total. The number of rotatable bonds is 8. The predicted octanol–water partition coefficient (Wildman–Crippen LogP) is 4.73. The molecule has 2 rings (SSSR count). The van der Waals surface area contributed by atoms with Crippen LogP contribution in [0.5, 0.6) is 0 Å². The minimum absolute atomic E-state index is 0.998. The minimum atomic E-state index is 0.998. The van der Waals surface area contributed by atoms with Crippen LogP contribution in [0, 0.1) is 0 Å². The van der Waals surface area contributed by atoms with E-state index in [1.165, 1.54) is 22.5 Å². The first-order valence-electron chi connectivity index (χ1n) is 7.98. The van der Waals surface area contributed by atoms with Crippen LogP contribution < -0.4 is 10.6 Å². The molecule has 2 aromatic rings. The van der Waals surface area contributed by atoms with Crippen molar-refractivity contribution in [3.8, 4) is 0 Å². The van der Waals surface area contributed by atoms with Crippen LogP contribution in [0.25, 0.3) is 0 Å². The first-order chi connectivity index (χ1) is 10.3. The Labute approximate surface area is 128 Å². The van der Waals surface area contributed by atoms with Gasteiger partial charge in [0.05, 0.1) is 0 Å². The van der Waals surface area contributed by atoms with Gasteiger partial charge < -0.3 is 10.6 Å². The van der Waals surface area contributed by atoms with Gasteiger partial charge >= 0.3 is 0 Å². The Morgan fingerprint density at radius 2 is 1.10 bits per heavy atom. The summed E-state index contributed by atoms with van der Waals surface area (Å²) in [7, 11) is 0. The van der Waals surface area contributed by atoms with E-state index in [-0.39, 0.29) is 0 Å². The summed E-state index contributed by atoms with van der Waals surface area (Å²) in [4.78, 5) is 0. The fraction of sp³-hybridized carbons (Fsp3) is 0.368. The molecule has 2 heteroatoms. The van der Waals surface area contributed by atoms with Gasteiger partial charge in [0.1, 0.15) is 0 Å². The van der Waals surface area contributed by atoms with Gasteiger partial charge in [-0.15, -0.1) is 0 Å². The first kappa shape index (κ1) is 15.4. The molecule has 0 aliphatic rings. The maximum atomic E-state index is 3.54. The van der Waals surface area contributed by atoms with Gasteiger partial charge in [-0.05, 0) is 42.5 Å². The van der Waals surface area contributed by atoms with Gasteiger partial charge in [0.15, 0.2) is 0 Å². The second-order valence-electron chi connectivity index (χ2n) is 5.23. The second-order valence-corrected chi connectivity index (χ2v) is 5.23. The van der Waals surface area contributed by atoms with E-state index in [4.69, 9.17) is 0 Å². The monoisotopic (exact) mass is 282 g/mol. The number of benzene rings is 2. The van der Waals surface area contributed by atoms with Crippen LogP contribution in [0.2, 0.25) is 0 Å². The number of anilines is 2. The summed E-state index contributed by atoms with van der Waals surface area (Å²) < 4.78 is 0. The van der Waals surface area contributed by atoms with Crippen LogP contribution in [-0.2, 0) is 12.8 Å². The molecule has 0 aliphatic carbocycles. The van der Waals surface area contributed by atoms with Gasteiger partial charge in [0.25, 0.3) is 0 Å². The number of hydrogen-bond acceptors (Lipinski definition) is 2. The Hall–Kier alpha value is -1.96. The lowest BCUT2D eigenvalue weighted by atomic mass is 10.1. The van der Waals surface area contributed by atoms with Crippen molar-refractivity contribution in [2.75, 3.05) is 23.7 Å². The Bertz CT molecular complexity index is 499. The highest BCUT2D eigenvalue weighted by atomic mass is 14.9.